The quantitative estimate of drug-likeness (QED) is 0.795. The number of benzene rings is 2. The van der Waals surface area contributed by atoms with Crippen molar-refractivity contribution in [3.05, 3.63) is 65.7 Å². The molecule has 2 rings (SSSR count). The number of nitrogens with zero attached hydrogens (tertiary/aromatic N) is 1. The summed E-state index contributed by atoms with van der Waals surface area (Å²) in [7, 11) is 0. The maximum atomic E-state index is 12.4. The number of rotatable bonds is 6. The Bertz CT molecular complexity index is 584. The Balaban J connectivity index is 2.05. The van der Waals surface area contributed by atoms with Crippen molar-refractivity contribution in [1.82, 2.24) is 4.90 Å². The predicted octanol–water partition coefficient (Wildman–Crippen LogP) is 1.83. The molecule has 0 atom stereocenters. The molecule has 4 nitrogen and oxygen atoms in total. The average molecular weight is 284 g/mol. The van der Waals surface area contributed by atoms with Gasteiger partial charge in [-0.3, -0.25) is 4.79 Å². The summed E-state index contributed by atoms with van der Waals surface area (Å²) >= 11 is 0. The largest absolute Gasteiger partial charge is 0.399 e. The van der Waals surface area contributed by atoms with Gasteiger partial charge in [0.1, 0.15) is 0 Å². The monoisotopic (exact) mass is 284 g/mol. The summed E-state index contributed by atoms with van der Waals surface area (Å²) in [4.78, 5) is 14.1. The van der Waals surface area contributed by atoms with Gasteiger partial charge in [0.2, 0.25) is 5.91 Å². The van der Waals surface area contributed by atoms with E-state index in [9.17, 15) is 4.79 Å². The molecule has 0 radical (unpaired) electrons. The number of carbonyl (C=O) groups is 1. The van der Waals surface area contributed by atoms with E-state index < -0.39 is 0 Å². The summed E-state index contributed by atoms with van der Waals surface area (Å²) < 4.78 is 0. The lowest BCUT2D eigenvalue weighted by atomic mass is 10.1. The van der Waals surface area contributed by atoms with Gasteiger partial charge in [0, 0.05) is 18.8 Å². The third kappa shape index (κ3) is 4.61. The molecule has 0 saturated carbocycles. The average Bonchev–Trinajstić information content (AvgIpc) is 2.48. The van der Waals surface area contributed by atoms with E-state index in [4.69, 9.17) is 10.8 Å². The van der Waals surface area contributed by atoms with E-state index in [-0.39, 0.29) is 18.9 Å². The molecule has 110 valence electrons. The predicted molar refractivity (Wildman–Crippen MR) is 83.5 cm³/mol. The number of amides is 1. The van der Waals surface area contributed by atoms with Crippen LogP contribution in [0.25, 0.3) is 0 Å². The molecule has 0 aliphatic carbocycles. The fourth-order valence-electron chi connectivity index (χ4n) is 2.21. The van der Waals surface area contributed by atoms with E-state index in [2.05, 4.69) is 0 Å². The summed E-state index contributed by atoms with van der Waals surface area (Å²) in [6.07, 6.45) is 0.290. The zero-order chi connectivity index (χ0) is 15.1. The first-order valence-corrected chi connectivity index (χ1v) is 6.96. The molecule has 21 heavy (non-hydrogen) atoms. The Hall–Kier alpha value is -2.33. The van der Waals surface area contributed by atoms with Crippen LogP contribution in [0.5, 0.6) is 0 Å². The van der Waals surface area contributed by atoms with Crippen molar-refractivity contribution < 1.29 is 9.90 Å². The molecule has 0 unspecified atom stereocenters. The van der Waals surface area contributed by atoms with Crippen LogP contribution in [0, 0.1) is 0 Å². The van der Waals surface area contributed by atoms with Crippen molar-refractivity contribution in [3.8, 4) is 0 Å². The van der Waals surface area contributed by atoms with Crippen LogP contribution >= 0.6 is 0 Å². The van der Waals surface area contributed by atoms with Gasteiger partial charge in [-0.15, -0.1) is 0 Å². The molecule has 0 aliphatic heterocycles. The van der Waals surface area contributed by atoms with Gasteiger partial charge in [-0.05, 0) is 23.3 Å². The second-order valence-corrected chi connectivity index (χ2v) is 4.95. The van der Waals surface area contributed by atoms with Gasteiger partial charge in [-0.25, -0.2) is 0 Å². The molecule has 2 aromatic carbocycles. The first kappa shape index (κ1) is 15.1. The number of carbonyl (C=O) groups excluding carboxylic acids is 1. The zero-order valence-electron chi connectivity index (χ0n) is 11.9. The Morgan fingerprint density at radius 3 is 2.43 bits per heavy atom. The minimum atomic E-state index is -0.0461. The van der Waals surface area contributed by atoms with Gasteiger partial charge in [-0.1, -0.05) is 42.5 Å². The maximum Gasteiger partial charge on any atom is 0.227 e. The van der Waals surface area contributed by atoms with Crippen LogP contribution in [0.15, 0.2) is 54.6 Å². The van der Waals surface area contributed by atoms with Crippen molar-refractivity contribution in [2.24, 2.45) is 0 Å². The van der Waals surface area contributed by atoms with E-state index in [1.165, 1.54) is 0 Å². The molecule has 2 aromatic rings. The maximum absolute atomic E-state index is 12.4. The van der Waals surface area contributed by atoms with Crippen LogP contribution < -0.4 is 5.73 Å². The van der Waals surface area contributed by atoms with Gasteiger partial charge in [-0.2, -0.15) is 0 Å². The standard InChI is InChI=1S/C17H20N2O2/c18-16-8-4-7-15(11-16)12-17(21)19(9-10-20)13-14-5-2-1-3-6-14/h1-8,11,20H,9-10,12-13,18H2. The molecular formula is C17H20N2O2. The van der Waals surface area contributed by atoms with E-state index in [1.54, 1.807) is 17.0 Å². The van der Waals surface area contributed by atoms with Crippen LogP contribution in [0.1, 0.15) is 11.1 Å². The topological polar surface area (TPSA) is 66.6 Å². The normalized spacial score (nSPS) is 10.3. The lowest BCUT2D eigenvalue weighted by Crippen LogP contribution is -2.34. The van der Waals surface area contributed by atoms with Crippen molar-refractivity contribution in [2.75, 3.05) is 18.9 Å². The third-order valence-electron chi connectivity index (χ3n) is 3.25. The molecule has 0 heterocycles. The van der Waals surface area contributed by atoms with E-state index in [0.717, 1.165) is 11.1 Å². The van der Waals surface area contributed by atoms with Gasteiger partial charge in [0.05, 0.1) is 13.0 Å². The third-order valence-corrected chi connectivity index (χ3v) is 3.25. The lowest BCUT2D eigenvalue weighted by molar-refractivity contribution is -0.131. The fraction of sp³-hybridized carbons (Fsp3) is 0.235. The number of hydrogen-bond donors (Lipinski definition) is 2. The molecule has 4 heteroatoms. The van der Waals surface area contributed by atoms with E-state index in [0.29, 0.717) is 18.8 Å². The van der Waals surface area contributed by atoms with Crippen LogP contribution in [-0.2, 0) is 17.8 Å². The Kier molecular flexibility index (Phi) is 5.35. The summed E-state index contributed by atoms with van der Waals surface area (Å²) in [6, 6.07) is 17.1. The molecule has 0 aromatic heterocycles. The number of hydrogen-bond acceptors (Lipinski definition) is 3. The summed E-state index contributed by atoms with van der Waals surface area (Å²) in [6.45, 7) is 0.786. The van der Waals surface area contributed by atoms with Crippen molar-refractivity contribution >= 4 is 11.6 Å². The Morgan fingerprint density at radius 1 is 1.05 bits per heavy atom. The molecule has 0 aliphatic rings. The van der Waals surface area contributed by atoms with E-state index in [1.807, 2.05) is 42.5 Å². The highest BCUT2D eigenvalue weighted by atomic mass is 16.3. The molecular weight excluding hydrogens is 264 g/mol. The van der Waals surface area contributed by atoms with Gasteiger partial charge < -0.3 is 15.7 Å². The molecule has 0 bridgehead atoms. The molecule has 0 spiro atoms. The zero-order valence-corrected chi connectivity index (χ0v) is 11.9. The minimum Gasteiger partial charge on any atom is -0.399 e. The number of aliphatic hydroxyl groups is 1. The number of nitrogen functional groups attached to an aromatic ring is 1. The van der Waals surface area contributed by atoms with Crippen molar-refractivity contribution in [1.29, 1.82) is 0 Å². The second-order valence-electron chi connectivity index (χ2n) is 4.95. The van der Waals surface area contributed by atoms with Crippen molar-refractivity contribution in [2.45, 2.75) is 13.0 Å². The molecule has 3 N–H and O–H groups in total. The van der Waals surface area contributed by atoms with Gasteiger partial charge in [0.25, 0.3) is 0 Å². The van der Waals surface area contributed by atoms with Gasteiger partial charge in [0.15, 0.2) is 0 Å². The van der Waals surface area contributed by atoms with Crippen LogP contribution in [0.4, 0.5) is 5.69 Å². The Labute approximate surface area is 124 Å². The number of aliphatic hydroxyl groups excluding tert-OH is 1. The van der Waals surface area contributed by atoms with Crippen molar-refractivity contribution in [3.63, 3.8) is 0 Å². The van der Waals surface area contributed by atoms with E-state index >= 15 is 0 Å². The van der Waals surface area contributed by atoms with Crippen LogP contribution in [-0.4, -0.2) is 29.1 Å². The second kappa shape index (κ2) is 7.45. The fourth-order valence-corrected chi connectivity index (χ4v) is 2.21. The summed E-state index contributed by atoms with van der Waals surface area (Å²) in [5.74, 6) is -0.0153. The number of nitrogens with two attached hydrogens (primary N) is 1. The van der Waals surface area contributed by atoms with Crippen LogP contribution in [0.3, 0.4) is 0 Å². The molecule has 0 fully saturated rings. The summed E-state index contributed by atoms with van der Waals surface area (Å²) in [5.41, 5.74) is 8.31. The SMILES string of the molecule is Nc1cccc(CC(=O)N(CCO)Cc2ccccc2)c1. The smallest absolute Gasteiger partial charge is 0.227 e. The first-order valence-electron chi connectivity index (χ1n) is 6.96. The highest BCUT2D eigenvalue weighted by molar-refractivity contribution is 5.79. The first-order chi connectivity index (χ1) is 10.2. The number of anilines is 1. The van der Waals surface area contributed by atoms with Gasteiger partial charge >= 0.3 is 0 Å². The summed E-state index contributed by atoms with van der Waals surface area (Å²) in [5, 5.41) is 9.16. The Morgan fingerprint density at radius 2 is 1.76 bits per heavy atom. The highest BCUT2D eigenvalue weighted by Crippen LogP contribution is 2.11. The van der Waals surface area contributed by atoms with Crippen LogP contribution in [0.2, 0.25) is 0 Å². The molecule has 1 amide bonds. The minimum absolute atomic E-state index is 0.0153. The molecule has 0 saturated heterocycles. The lowest BCUT2D eigenvalue weighted by Gasteiger charge is -2.22. The highest BCUT2D eigenvalue weighted by Gasteiger charge is 2.14.